The number of aromatic nitrogens is 2. The number of alkyl halides is 9. The van der Waals surface area contributed by atoms with E-state index in [4.69, 9.17) is 9.47 Å². The number of ether oxygens (including phenoxy) is 2. The van der Waals surface area contributed by atoms with Crippen LogP contribution in [0.1, 0.15) is 44.5 Å². The van der Waals surface area contributed by atoms with Crippen molar-refractivity contribution in [3.8, 4) is 5.88 Å². The fourth-order valence-corrected chi connectivity index (χ4v) is 3.21. The maximum absolute atomic E-state index is 13.5. The van der Waals surface area contributed by atoms with Gasteiger partial charge in [-0.2, -0.15) is 39.5 Å². The molecule has 0 fully saturated rings. The number of hydrogen-bond acceptors (Lipinski definition) is 5. The number of hydrogen-bond donors (Lipinski definition) is 0. The van der Waals surface area contributed by atoms with Crippen LogP contribution in [0.5, 0.6) is 5.88 Å². The molecule has 0 saturated carbocycles. The Kier molecular flexibility index (Phi) is 8.67. The third-order valence-corrected chi connectivity index (χ3v) is 5.34. The summed E-state index contributed by atoms with van der Waals surface area (Å²) in [4.78, 5) is 18.8. The molecule has 37 heavy (non-hydrogen) atoms. The van der Waals surface area contributed by atoms with E-state index in [-0.39, 0.29) is 18.7 Å². The van der Waals surface area contributed by atoms with E-state index < -0.39 is 75.2 Å². The second-order valence-electron chi connectivity index (χ2n) is 8.43. The molecule has 206 valence electrons. The molecule has 0 saturated heterocycles. The summed E-state index contributed by atoms with van der Waals surface area (Å²) in [6, 6.07) is 0.497. The van der Waals surface area contributed by atoms with E-state index >= 15 is 0 Å². The van der Waals surface area contributed by atoms with Gasteiger partial charge in [-0.25, -0.2) is 9.98 Å². The molecule has 2 aromatic rings. The van der Waals surface area contributed by atoms with Crippen molar-refractivity contribution >= 4 is 27.6 Å². The first kappa shape index (κ1) is 30.4. The third-order valence-electron chi connectivity index (χ3n) is 4.51. The van der Waals surface area contributed by atoms with E-state index in [0.717, 1.165) is 4.57 Å². The Morgan fingerprint density at radius 1 is 0.973 bits per heavy atom. The molecule has 0 aliphatic carbocycles. The van der Waals surface area contributed by atoms with Gasteiger partial charge in [0, 0.05) is 12.6 Å². The predicted molar refractivity (Wildman–Crippen MR) is 113 cm³/mol. The largest absolute Gasteiger partial charge is 0.442 e. The van der Waals surface area contributed by atoms with Crippen LogP contribution < -0.4 is 10.4 Å². The minimum atomic E-state index is -5.25. The number of halogens is 10. The first-order valence-corrected chi connectivity index (χ1v) is 11.0. The van der Waals surface area contributed by atoms with Crippen molar-refractivity contribution in [2.75, 3.05) is 6.79 Å². The van der Waals surface area contributed by atoms with Gasteiger partial charge in [0.25, 0.3) is 0 Å². The molecule has 2 rings (SSSR count). The fourth-order valence-electron chi connectivity index (χ4n) is 2.67. The van der Waals surface area contributed by atoms with Crippen molar-refractivity contribution in [1.29, 1.82) is 0 Å². The summed E-state index contributed by atoms with van der Waals surface area (Å²) in [6.45, 7) is 4.83. The molecule has 6 nitrogen and oxygen atoms in total. The highest BCUT2D eigenvalue weighted by Crippen LogP contribution is 2.43. The van der Waals surface area contributed by atoms with E-state index in [1.165, 1.54) is 27.7 Å². The zero-order valence-corrected chi connectivity index (χ0v) is 21.1. The standard InChI is InChI=1S/C21H19BrF9N3O3/c1-5-34-14(36-9-37-16(35)18(2,3)4)8-13(21(29,30)31)33-17(34)32-12-7-10(19(23,24)25)6-11(15(12)22)20(26,27)28/h6-8H,5,9H2,1-4H3. The van der Waals surface area contributed by atoms with E-state index in [0.29, 0.717) is 6.07 Å². The van der Waals surface area contributed by atoms with Gasteiger partial charge in [0.2, 0.25) is 18.3 Å². The summed E-state index contributed by atoms with van der Waals surface area (Å²) >= 11 is 2.55. The van der Waals surface area contributed by atoms with Crippen LogP contribution in [0.15, 0.2) is 27.7 Å². The van der Waals surface area contributed by atoms with Crippen molar-refractivity contribution in [3.05, 3.63) is 45.1 Å². The summed E-state index contributed by atoms with van der Waals surface area (Å²) in [6.07, 6.45) is -15.6. The van der Waals surface area contributed by atoms with E-state index in [2.05, 4.69) is 25.9 Å². The number of nitrogens with zero attached hydrogens (tertiary/aromatic N) is 3. The molecule has 1 heterocycles. The highest BCUT2D eigenvalue weighted by Gasteiger charge is 2.39. The van der Waals surface area contributed by atoms with Gasteiger partial charge in [0.15, 0.2) is 5.69 Å². The molecule has 0 radical (unpaired) electrons. The van der Waals surface area contributed by atoms with Crippen LogP contribution in [0.4, 0.5) is 45.2 Å². The molecule has 0 atom stereocenters. The van der Waals surface area contributed by atoms with Crippen LogP contribution in [0, 0.1) is 5.41 Å². The van der Waals surface area contributed by atoms with Gasteiger partial charge in [-0.3, -0.25) is 9.36 Å². The highest BCUT2D eigenvalue weighted by molar-refractivity contribution is 9.10. The zero-order chi connectivity index (χ0) is 28.6. The number of carbonyl (C=O) groups is 1. The van der Waals surface area contributed by atoms with Crippen LogP contribution in [-0.4, -0.2) is 22.3 Å². The molecule has 0 aliphatic rings. The molecule has 0 unspecified atom stereocenters. The van der Waals surface area contributed by atoms with Crippen molar-refractivity contribution in [2.45, 2.75) is 52.8 Å². The Labute approximate surface area is 212 Å². The second kappa shape index (κ2) is 10.5. The summed E-state index contributed by atoms with van der Waals surface area (Å²) in [5.74, 6) is -1.36. The number of carbonyl (C=O) groups excluding carboxylic acids is 1. The second-order valence-corrected chi connectivity index (χ2v) is 9.22. The molecule has 0 bridgehead atoms. The van der Waals surface area contributed by atoms with Crippen molar-refractivity contribution in [2.24, 2.45) is 10.4 Å². The fraction of sp³-hybridized carbons (Fsp3) is 0.476. The summed E-state index contributed by atoms with van der Waals surface area (Å²) in [5, 5.41) is 0. The average molecular weight is 612 g/mol. The lowest BCUT2D eigenvalue weighted by molar-refractivity contribution is -0.160. The topological polar surface area (TPSA) is 65.7 Å². The molecule has 0 aliphatic heterocycles. The average Bonchev–Trinajstić information content (AvgIpc) is 2.71. The van der Waals surface area contributed by atoms with Gasteiger partial charge in [-0.15, -0.1) is 0 Å². The maximum atomic E-state index is 13.5. The molecule has 16 heteroatoms. The quantitative estimate of drug-likeness (QED) is 0.210. The Balaban J connectivity index is 2.78. The molecule has 0 amide bonds. The Bertz CT molecular complexity index is 1230. The van der Waals surface area contributed by atoms with E-state index in [9.17, 15) is 44.3 Å². The molecule has 0 N–H and O–H groups in total. The van der Waals surface area contributed by atoms with Gasteiger partial charge < -0.3 is 9.47 Å². The lowest BCUT2D eigenvalue weighted by Gasteiger charge is -2.19. The maximum Gasteiger partial charge on any atom is 0.433 e. The van der Waals surface area contributed by atoms with E-state index in [1.54, 1.807) is 0 Å². The lowest BCUT2D eigenvalue weighted by Crippen LogP contribution is -2.30. The molecular formula is C21H19BrF9N3O3. The molecule has 1 aromatic heterocycles. The van der Waals surface area contributed by atoms with Gasteiger partial charge in [-0.05, 0) is 55.8 Å². The van der Waals surface area contributed by atoms with Crippen LogP contribution in [0.2, 0.25) is 0 Å². The van der Waals surface area contributed by atoms with Crippen LogP contribution in [-0.2, 0) is 34.6 Å². The SMILES string of the molecule is CCn1c(OCOC(=O)C(C)(C)C)cc(C(F)(F)F)nc1=Nc1cc(C(F)(F)F)cc(C(F)(F)F)c1Br. The summed E-state index contributed by atoms with van der Waals surface area (Å²) in [5.41, 5.74) is -7.95. The first-order chi connectivity index (χ1) is 16.7. The van der Waals surface area contributed by atoms with Gasteiger partial charge in [0.05, 0.1) is 26.7 Å². The van der Waals surface area contributed by atoms with Gasteiger partial charge in [0.1, 0.15) is 0 Å². The first-order valence-electron chi connectivity index (χ1n) is 10.2. The van der Waals surface area contributed by atoms with Gasteiger partial charge >= 0.3 is 24.5 Å². The van der Waals surface area contributed by atoms with E-state index in [1.807, 2.05) is 0 Å². The Hall–Kier alpha value is -2.78. The molecule has 0 spiro atoms. The summed E-state index contributed by atoms with van der Waals surface area (Å²) < 4.78 is 130. The Morgan fingerprint density at radius 3 is 2.03 bits per heavy atom. The number of benzene rings is 1. The number of rotatable bonds is 5. The van der Waals surface area contributed by atoms with Crippen LogP contribution in [0.3, 0.4) is 0 Å². The molecular weight excluding hydrogens is 593 g/mol. The van der Waals surface area contributed by atoms with Gasteiger partial charge in [-0.1, -0.05) is 0 Å². The van der Waals surface area contributed by atoms with Crippen LogP contribution >= 0.6 is 15.9 Å². The predicted octanol–water partition coefficient (Wildman–Crippen LogP) is 6.88. The number of esters is 1. The van der Waals surface area contributed by atoms with Crippen molar-refractivity contribution in [1.82, 2.24) is 9.55 Å². The zero-order valence-electron chi connectivity index (χ0n) is 19.5. The third kappa shape index (κ3) is 7.61. The van der Waals surface area contributed by atoms with Crippen molar-refractivity contribution < 1.29 is 53.8 Å². The minimum Gasteiger partial charge on any atom is -0.442 e. The van der Waals surface area contributed by atoms with Crippen molar-refractivity contribution in [3.63, 3.8) is 0 Å². The summed E-state index contributed by atoms with van der Waals surface area (Å²) in [7, 11) is 0. The monoisotopic (exact) mass is 611 g/mol. The van der Waals surface area contributed by atoms with Crippen LogP contribution in [0.25, 0.3) is 0 Å². The smallest absolute Gasteiger partial charge is 0.433 e. The normalized spacial score (nSPS) is 13.6. The highest BCUT2D eigenvalue weighted by atomic mass is 79.9. The Morgan fingerprint density at radius 2 is 1.57 bits per heavy atom. The minimum absolute atomic E-state index is 0.158. The lowest BCUT2D eigenvalue weighted by atomic mass is 9.98. The molecule has 1 aromatic carbocycles.